The average molecular weight is 339 g/mol. The lowest BCUT2D eigenvalue weighted by atomic mass is 10.0. The predicted octanol–water partition coefficient (Wildman–Crippen LogP) is 3.50. The van der Waals surface area contributed by atoms with Crippen LogP contribution >= 0.6 is 15.9 Å². The van der Waals surface area contributed by atoms with Gasteiger partial charge in [-0.2, -0.15) is 0 Å². The van der Waals surface area contributed by atoms with Gasteiger partial charge in [-0.3, -0.25) is 4.79 Å². The van der Waals surface area contributed by atoms with Crippen LogP contribution in [0.25, 0.3) is 0 Å². The van der Waals surface area contributed by atoms with E-state index in [-0.39, 0.29) is 11.9 Å². The molecule has 1 aliphatic heterocycles. The van der Waals surface area contributed by atoms with Crippen LogP contribution in [0.1, 0.15) is 44.2 Å². The Morgan fingerprint density at radius 2 is 2.10 bits per heavy atom. The highest BCUT2D eigenvalue weighted by atomic mass is 79.9. The number of likely N-dealkylation sites (tertiary alicyclic amines) is 1. The lowest BCUT2D eigenvalue weighted by molar-refractivity contribution is -0.131. The van der Waals surface area contributed by atoms with Gasteiger partial charge in [0.2, 0.25) is 5.91 Å². The fourth-order valence-electron chi connectivity index (χ4n) is 2.69. The van der Waals surface area contributed by atoms with Crippen LogP contribution in [0.2, 0.25) is 0 Å². The van der Waals surface area contributed by atoms with E-state index in [1.54, 1.807) is 0 Å². The number of piperidine rings is 1. The van der Waals surface area contributed by atoms with E-state index in [1.807, 2.05) is 17.0 Å². The SMILES string of the molecule is CCC(NCC(=O)N1CCCCC1)c1cccc(Br)c1. The minimum absolute atomic E-state index is 0.234. The summed E-state index contributed by atoms with van der Waals surface area (Å²) in [5, 5.41) is 3.40. The van der Waals surface area contributed by atoms with Gasteiger partial charge in [-0.15, -0.1) is 0 Å². The maximum Gasteiger partial charge on any atom is 0.236 e. The Hall–Kier alpha value is -0.870. The Bertz CT molecular complexity index is 444. The molecule has 1 heterocycles. The Kier molecular flexibility index (Phi) is 6.05. The summed E-state index contributed by atoms with van der Waals surface area (Å²) in [4.78, 5) is 14.2. The molecule has 0 spiro atoms. The molecule has 1 fully saturated rings. The Labute approximate surface area is 129 Å². The van der Waals surface area contributed by atoms with Crippen LogP contribution in [0, 0.1) is 0 Å². The number of amides is 1. The van der Waals surface area contributed by atoms with Crippen LogP contribution in [0.15, 0.2) is 28.7 Å². The molecule has 1 aliphatic rings. The van der Waals surface area contributed by atoms with Gasteiger partial charge < -0.3 is 10.2 Å². The zero-order valence-electron chi connectivity index (χ0n) is 12.1. The molecule has 3 nitrogen and oxygen atoms in total. The van der Waals surface area contributed by atoms with Gasteiger partial charge >= 0.3 is 0 Å². The number of benzene rings is 1. The Morgan fingerprint density at radius 1 is 1.35 bits per heavy atom. The lowest BCUT2D eigenvalue weighted by Crippen LogP contribution is -2.41. The third-order valence-corrected chi connectivity index (χ3v) is 4.36. The number of hydrogen-bond donors (Lipinski definition) is 1. The zero-order valence-corrected chi connectivity index (χ0v) is 13.7. The van der Waals surface area contributed by atoms with E-state index in [0.29, 0.717) is 6.54 Å². The molecule has 1 saturated heterocycles. The van der Waals surface area contributed by atoms with Gasteiger partial charge in [0, 0.05) is 23.6 Å². The van der Waals surface area contributed by atoms with E-state index in [2.05, 4.69) is 40.3 Å². The van der Waals surface area contributed by atoms with Gasteiger partial charge in [0.05, 0.1) is 6.54 Å². The van der Waals surface area contributed by atoms with E-state index in [1.165, 1.54) is 12.0 Å². The van der Waals surface area contributed by atoms with Gasteiger partial charge in [0.15, 0.2) is 0 Å². The fourth-order valence-corrected chi connectivity index (χ4v) is 3.10. The van der Waals surface area contributed by atoms with Crippen LogP contribution in [-0.4, -0.2) is 30.4 Å². The van der Waals surface area contributed by atoms with Crippen molar-refractivity contribution in [2.45, 2.75) is 38.6 Å². The van der Waals surface area contributed by atoms with E-state index >= 15 is 0 Å². The quantitative estimate of drug-likeness (QED) is 0.890. The highest BCUT2D eigenvalue weighted by Crippen LogP contribution is 2.20. The molecule has 2 rings (SSSR count). The second-order valence-electron chi connectivity index (χ2n) is 5.34. The van der Waals surface area contributed by atoms with Crippen LogP contribution < -0.4 is 5.32 Å². The second-order valence-corrected chi connectivity index (χ2v) is 6.25. The topological polar surface area (TPSA) is 32.3 Å². The normalized spacial score (nSPS) is 17.0. The molecule has 1 aromatic carbocycles. The number of rotatable bonds is 5. The maximum atomic E-state index is 12.2. The molecular formula is C16H23BrN2O. The third kappa shape index (κ3) is 4.32. The van der Waals surface area contributed by atoms with Crippen molar-refractivity contribution in [3.8, 4) is 0 Å². The number of carbonyl (C=O) groups is 1. The van der Waals surface area contributed by atoms with Crippen LogP contribution in [0.3, 0.4) is 0 Å². The van der Waals surface area contributed by atoms with Crippen LogP contribution in [-0.2, 0) is 4.79 Å². The van der Waals surface area contributed by atoms with E-state index < -0.39 is 0 Å². The van der Waals surface area contributed by atoms with Gasteiger partial charge in [0.25, 0.3) is 0 Å². The number of hydrogen-bond acceptors (Lipinski definition) is 2. The van der Waals surface area contributed by atoms with E-state index in [0.717, 1.165) is 36.8 Å². The molecule has 1 unspecified atom stereocenters. The molecule has 4 heteroatoms. The molecule has 1 atom stereocenters. The highest BCUT2D eigenvalue weighted by Gasteiger charge is 2.17. The molecule has 110 valence electrons. The van der Waals surface area contributed by atoms with Crippen molar-refractivity contribution >= 4 is 21.8 Å². The van der Waals surface area contributed by atoms with E-state index in [4.69, 9.17) is 0 Å². The first-order valence-electron chi connectivity index (χ1n) is 7.47. The number of halogens is 1. The summed E-state index contributed by atoms with van der Waals surface area (Å²) in [5.74, 6) is 0.234. The Morgan fingerprint density at radius 3 is 2.75 bits per heavy atom. The largest absolute Gasteiger partial charge is 0.342 e. The minimum Gasteiger partial charge on any atom is -0.342 e. The smallest absolute Gasteiger partial charge is 0.236 e. The molecule has 0 aliphatic carbocycles. The second kappa shape index (κ2) is 7.79. The highest BCUT2D eigenvalue weighted by molar-refractivity contribution is 9.10. The molecule has 0 radical (unpaired) electrons. The summed E-state index contributed by atoms with van der Waals surface area (Å²) in [6.45, 7) is 4.43. The molecule has 0 aromatic heterocycles. The molecule has 1 N–H and O–H groups in total. The average Bonchev–Trinajstić information content (AvgIpc) is 2.48. The first-order chi connectivity index (χ1) is 9.70. The van der Waals surface area contributed by atoms with Crippen molar-refractivity contribution < 1.29 is 4.79 Å². The van der Waals surface area contributed by atoms with Crippen molar-refractivity contribution in [1.82, 2.24) is 10.2 Å². The number of nitrogens with one attached hydrogen (secondary N) is 1. The van der Waals surface area contributed by atoms with Gasteiger partial charge in [-0.1, -0.05) is 35.0 Å². The summed E-state index contributed by atoms with van der Waals surface area (Å²) in [7, 11) is 0. The summed E-state index contributed by atoms with van der Waals surface area (Å²) >= 11 is 3.50. The Balaban J connectivity index is 1.88. The molecule has 0 bridgehead atoms. The zero-order chi connectivity index (χ0) is 14.4. The first-order valence-corrected chi connectivity index (χ1v) is 8.26. The molecule has 1 amide bonds. The summed E-state index contributed by atoms with van der Waals surface area (Å²) in [5.41, 5.74) is 1.23. The van der Waals surface area contributed by atoms with Crippen molar-refractivity contribution in [2.75, 3.05) is 19.6 Å². The molecule has 0 saturated carbocycles. The monoisotopic (exact) mass is 338 g/mol. The maximum absolute atomic E-state index is 12.2. The van der Waals surface area contributed by atoms with Gasteiger partial charge in [-0.05, 0) is 43.4 Å². The lowest BCUT2D eigenvalue weighted by Gasteiger charge is -2.28. The number of nitrogens with zero attached hydrogens (tertiary/aromatic N) is 1. The molecular weight excluding hydrogens is 316 g/mol. The van der Waals surface area contributed by atoms with Crippen molar-refractivity contribution in [3.63, 3.8) is 0 Å². The van der Waals surface area contributed by atoms with Crippen molar-refractivity contribution in [1.29, 1.82) is 0 Å². The summed E-state index contributed by atoms with van der Waals surface area (Å²) in [6, 6.07) is 8.52. The molecule has 1 aromatic rings. The van der Waals surface area contributed by atoms with Crippen molar-refractivity contribution in [2.24, 2.45) is 0 Å². The fraction of sp³-hybridized carbons (Fsp3) is 0.562. The molecule has 20 heavy (non-hydrogen) atoms. The summed E-state index contributed by atoms with van der Waals surface area (Å²) in [6.07, 6.45) is 4.53. The third-order valence-electron chi connectivity index (χ3n) is 3.87. The summed E-state index contributed by atoms with van der Waals surface area (Å²) < 4.78 is 1.08. The van der Waals surface area contributed by atoms with Crippen LogP contribution in [0.4, 0.5) is 0 Å². The standard InChI is InChI=1S/C16H23BrN2O/c1-2-15(13-7-6-8-14(17)11-13)18-12-16(20)19-9-4-3-5-10-19/h6-8,11,15,18H,2-5,9-10,12H2,1H3. The minimum atomic E-state index is 0.234. The van der Waals surface area contributed by atoms with Gasteiger partial charge in [-0.25, -0.2) is 0 Å². The first kappa shape index (κ1) is 15.5. The van der Waals surface area contributed by atoms with Crippen molar-refractivity contribution in [3.05, 3.63) is 34.3 Å². The van der Waals surface area contributed by atoms with E-state index in [9.17, 15) is 4.79 Å². The van der Waals surface area contributed by atoms with Crippen LogP contribution in [0.5, 0.6) is 0 Å². The predicted molar refractivity (Wildman–Crippen MR) is 85.6 cm³/mol. The number of carbonyl (C=O) groups excluding carboxylic acids is 1. The van der Waals surface area contributed by atoms with Gasteiger partial charge in [0.1, 0.15) is 0 Å².